The molecule has 6 aliphatic rings. The second-order valence-corrected chi connectivity index (χ2v) is 14.0. The van der Waals surface area contributed by atoms with Crippen molar-refractivity contribution in [2.75, 3.05) is 0 Å². The molecule has 1 aliphatic heterocycles. The van der Waals surface area contributed by atoms with E-state index in [0.29, 0.717) is 17.8 Å². The number of piperidine rings is 1. The van der Waals surface area contributed by atoms with Crippen molar-refractivity contribution in [3.8, 4) is 6.07 Å². The Labute approximate surface area is 203 Å². The van der Waals surface area contributed by atoms with Gasteiger partial charge < -0.3 is 19.7 Å². The van der Waals surface area contributed by atoms with E-state index >= 15 is 0 Å². The molecule has 7 nitrogen and oxygen atoms in total. The summed E-state index contributed by atoms with van der Waals surface area (Å²) in [6, 6.07) is 1.41. The van der Waals surface area contributed by atoms with E-state index in [4.69, 9.17) is 9.47 Å². The maximum atomic E-state index is 14.2. The van der Waals surface area contributed by atoms with Gasteiger partial charge in [-0.05, 0) is 111 Å². The molecule has 0 aromatic rings. The van der Waals surface area contributed by atoms with Gasteiger partial charge in [0.15, 0.2) is 0 Å². The number of likely N-dealkylation sites (tertiary alicyclic amines) is 1. The Morgan fingerprint density at radius 2 is 1.65 bits per heavy atom. The zero-order valence-electron chi connectivity index (χ0n) is 21.6. The van der Waals surface area contributed by atoms with Crippen molar-refractivity contribution in [1.29, 1.82) is 5.26 Å². The lowest BCUT2D eigenvalue weighted by Crippen LogP contribution is -2.67. The number of fused-ring (bicyclic) bond motifs is 1. The van der Waals surface area contributed by atoms with Gasteiger partial charge in [0, 0.05) is 11.5 Å². The molecule has 1 heterocycles. The zero-order chi connectivity index (χ0) is 24.7. The van der Waals surface area contributed by atoms with E-state index in [1.165, 1.54) is 6.42 Å². The van der Waals surface area contributed by atoms with E-state index in [0.717, 1.165) is 44.9 Å². The van der Waals surface area contributed by atoms with Crippen LogP contribution in [0.5, 0.6) is 0 Å². The number of nitriles is 1. The van der Waals surface area contributed by atoms with E-state index in [-0.39, 0.29) is 28.6 Å². The van der Waals surface area contributed by atoms with Gasteiger partial charge in [-0.25, -0.2) is 4.79 Å². The Balaban J connectivity index is 1.49. The molecule has 8 atom stereocenters. The summed E-state index contributed by atoms with van der Waals surface area (Å²) in [5.74, 6) is 1.34. The molecule has 1 saturated heterocycles. The Hall–Kier alpha value is -1.81. The average molecular weight is 472 g/mol. The zero-order valence-corrected chi connectivity index (χ0v) is 21.6. The SMILES string of the molecule is CC(C)(C)OC(=O)N[C@H](C(=O)N1[C@H](C#N)C[C@@H]2C[C@@H]21)C12C[C@@H]3C[C@@H](CC(OC(C)(C)C)(C3)C1)C2. The minimum absolute atomic E-state index is 0.0877. The summed E-state index contributed by atoms with van der Waals surface area (Å²) >= 11 is 0. The highest BCUT2D eigenvalue weighted by Crippen LogP contribution is 2.65. The van der Waals surface area contributed by atoms with Gasteiger partial charge in [0.2, 0.25) is 5.91 Å². The Bertz CT molecular complexity index is 896. The van der Waals surface area contributed by atoms with Crippen LogP contribution in [0.2, 0.25) is 0 Å². The van der Waals surface area contributed by atoms with Gasteiger partial charge in [-0.1, -0.05) is 0 Å². The molecule has 6 fully saturated rings. The first-order chi connectivity index (χ1) is 15.7. The minimum atomic E-state index is -0.689. The number of carbonyl (C=O) groups excluding carboxylic acids is 2. The van der Waals surface area contributed by atoms with Crippen LogP contribution in [0.4, 0.5) is 4.79 Å². The van der Waals surface area contributed by atoms with Crippen LogP contribution in [0.3, 0.4) is 0 Å². The summed E-state index contributed by atoms with van der Waals surface area (Å²) < 4.78 is 12.4. The molecule has 4 bridgehead atoms. The summed E-state index contributed by atoms with van der Waals surface area (Å²) in [6.07, 6.45) is 7.03. The first-order valence-corrected chi connectivity index (χ1v) is 13.1. The molecule has 6 rings (SSSR count). The third-order valence-electron chi connectivity index (χ3n) is 8.60. The number of nitrogens with zero attached hydrogens (tertiary/aromatic N) is 2. The van der Waals surface area contributed by atoms with Crippen LogP contribution in [0.15, 0.2) is 0 Å². The van der Waals surface area contributed by atoms with Crippen LogP contribution in [0.25, 0.3) is 0 Å². The normalized spacial score (nSPS) is 41.0. The summed E-state index contributed by atoms with van der Waals surface area (Å²) in [5, 5.41) is 12.8. The molecule has 188 valence electrons. The first kappa shape index (κ1) is 23.9. The predicted octanol–water partition coefficient (Wildman–Crippen LogP) is 4.55. The summed E-state index contributed by atoms with van der Waals surface area (Å²) in [6.45, 7) is 11.8. The third-order valence-corrected chi connectivity index (χ3v) is 8.60. The highest BCUT2D eigenvalue weighted by molar-refractivity contribution is 5.88. The van der Waals surface area contributed by atoms with Gasteiger partial charge in [-0.2, -0.15) is 5.26 Å². The molecule has 34 heavy (non-hydrogen) atoms. The topological polar surface area (TPSA) is 91.7 Å². The molecule has 5 aliphatic carbocycles. The van der Waals surface area contributed by atoms with Crippen LogP contribution in [-0.4, -0.2) is 51.8 Å². The van der Waals surface area contributed by atoms with E-state index in [1.54, 1.807) is 0 Å². The lowest BCUT2D eigenvalue weighted by Gasteiger charge is -2.64. The Morgan fingerprint density at radius 3 is 2.21 bits per heavy atom. The van der Waals surface area contributed by atoms with Crippen LogP contribution in [0.1, 0.15) is 92.9 Å². The highest BCUT2D eigenvalue weighted by atomic mass is 16.6. The van der Waals surface area contributed by atoms with Crippen molar-refractivity contribution < 1.29 is 19.1 Å². The minimum Gasteiger partial charge on any atom is -0.444 e. The van der Waals surface area contributed by atoms with Crippen LogP contribution < -0.4 is 5.32 Å². The maximum absolute atomic E-state index is 14.2. The van der Waals surface area contributed by atoms with Crippen molar-refractivity contribution >= 4 is 12.0 Å². The van der Waals surface area contributed by atoms with Crippen LogP contribution in [-0.2, 0) is 14.3 Å². The van der Waals surface area contributed by atoms with Gasteiger partial charge in [-0.3, -0.25) is 4.79 Å². The lowest BCUT2D eigenvalue weighted by molar-refractivity contribution is -0.237. The number of alkyl carbamates (subject to hydrolysis) is 1. The molecule has 0 aromatic heterocycles. The van der Waals surface area contributed by atoms with Crippen molar-refractivity contribution in [1.82, 2.24) is 10.2 Å². The molecule has 5 saturated carbocycles. The Kier molecular flexibility index (Phi) is 5.34. The molecule has 0 radical (unpaired) electrons. The molecule has 7 heteroatoms. The third kappa shape index (κ3) is 4.32. The quantitative estimate of drug-likeness (QED) is 0.650. The average Bonchev–Trinajstić information content (AvgIpc) is 3.31. The monoisotopic (exact) mass is 471 g/mol. The van der Waals surface area contributed by atoms with Gasteiger partial charge in [0.05, 0.1) is 17.3 Å². The number of rotatable bonds is 4. The fraction of sp³-hybridized carbons (Fsp3) is 0.889. The standard InChI is InChI=1S/C27H41N3O4/c1-24(2,3)33-23(32)29-21(22(31)30-19(14-28)8-18-9-20(18)30)26-10-16-7-17(11-26)13-27(12-16,15-26)34-25(4,5)6/h16-21H,7-13,15H2,1-6H3,(H,29,32)/t16-,17+,18-,19+,20+,21-,26?,27?/m1/s1. The number of carbonyl (C=O) groups is 2. The largest absolute Gasteiger partial charge is 0.444 e. The van der Waals surface area contributed by atoms with Gasteiger partial charge in [0.25, 0.3) is 0 Å². The van der Waals surface area contributed by atoms with Crippen molar-refractivity contribution in [2.24, 2.45) is 23.2 Å². The molecule has 1 N–H and O–H groups in total. The van der Waals surface area contributed by atoms with Crippen molar-refractivity contribution in [3.63, 3.8) is 0 Å². The van der Waals surface area contributed by atoms with Gasteiger partial charge >= 0.3 is 6.09 Å². The summed E-state index contributed by atoms with van der Waals surface area (Å²) in [5.41, 5.74) is -1.54. The van der Waals surface area contributed by atoms with Crippen LogP contribution >= 0.6 is 0 Å². The van der Waals surface area contributed by atoms with Crippen molar-refractivity contribution in [2.45, 2.75) is 128 Å². The fourth-order valence-corrected chi connectivity index (χ4v) is 8.30. The summed E-state index contributed by atoms with van der Waals surface area (Å²) in [4.78, 5) is 29.1. The van der Waals surface area contributed by atoms with E-state index in [2.05, 4.69) is 32.2 Å². The molecule has 0 aromatic carbocycles. The highest BCUT2D eigenvalue weighted by Gasteiger charge is 2.65. The number of hydrogen-bond acceptors (Lipinski definition) is 5. The summed E-state index contributed by atoms with van der Waals surface area (Å²) in [7, 11) is 0. The maximum Gasteiger partial charge on any atom is 0.408 e. The second-order valence-electron chi connectivity index (χ2n) is 14.0. The number of hydrogen-bond donors (Lipinski definition) is 1. The first-order valence-electron chi connectivity index (χ1n) is 13.1. The smallest absolute Gasteiger partial charge is 0.408 e. The molecule has 0 spiro atoms. The number of amides is 2. The lowest BCUT2D eigenvalue weighted by atomic mass is 9.46. The van der Waals surface area contributed by atoms with E-state index < -0.39 is 23.8 Å². The fourth-order valence-electron chi connectivity index (χ4n) is 8.30. The number of nitrogens with one attached hydrogen (secondary N) is 1. The molecule has 2 amide bonds. The van der Waals surface area contributed by atoms with E-state index in [9.17, 15) is 14.9 Å². The molecule has 2 unspecified atom stereocenters. The van der Waals surface area contributed by atoms with Crippen LogP contribution in [0, 0.1) is 34.5 Å². The predicted molar refractivity (Wildman–Crippen MR) is 127 cm³/mol. The number of ether oxygens (including phenoxy) is 2. The molecular formula is C27H41N3O4. The van der Waals surface area contributed by atoms with E-state index in [1.807, 2.05) is 25.7 Å². The van der Waals surface area contributed by atoms with Gasteiger partial charge in [-0.15, -0.1) is 0 Å². The second kappa shape index (κ2) is 7.59. The Morgan fingerprint density at radius 1 is 1.00 bits per heavy atom. The van der Waals surface area contributed by atoms with Gasteiger partial charge in [0.1, 0.15) is 17.7 Å². The van der Waals surface area contributed by atoms with Crippen molar-refractivity contribution in [3.05, 3.63) is 0 Å². The molecular weight excluding hydrogens is 430 g/mol.